The maximum Gasteiger partial charge on any atom is 0.329 e. The zero-order valence-corrected chi connectivity index (χ0v) is 8.77. The van der Waals surface area contributed by atoms with Gasteiger partial charge in [0.25, 0.3) is 0 Å². The zero-order chi connectivity index (χ0) is 12.0. The number of carboxylic acid groups (broad SMARTS) is 1. The number of hydrogen-bond donors (Lipinski definition) is 2. The van der Waals surface area contributed by atoms with Gasteiger partial charge in [0.15, 0.2) is 0 Å². The third kappa shape index (κ3) is 4.26. The Morgan fingerprint density at radius 2 is 2.19 bits per heavy atom. The molecule has 1 heterocycles. The Morgan fingerprint density at radius 3 is 2.88 bits per heavy atom. The number of nitrogens with zero attached hydrogens (tertiary/aromatic N) is 1. The van der Waals surface area contributed by atoms with Crippen LogP contribution in [0, 0.1) is 0 Å². The van der Waals surface area contributed by atoms with Crippen LogP contribution in [-0.2, 0) is 19.1 Å². The lowest BCUT2D eigenvalue weighted by molar-refractivity contribution is -0.146. The van der Waals surface area contributed by atoms with Gasteiger partial charge in [-0.2, -0.15) is 0 Å². The van der Waals surface area contributed by atoms with Gasteiger partial charge in [0.1, 0.15) is 13.2 Å². The number of carboxylic acids is 1. The van der Waals surface area contributed by atoms with E-state index in [4.69, 9.17) is 5.11 Å². The molecule has 0 atom stereocenters. The second-order valence-electron chi connectivity index (χ2n) is 3.41. The molecule has 1 fully saturated rings. The number of carbonyl (C=O) groups is 3. The highest BCUT2D eigenvalue weighted by Gasteiger charge is 2.19. The van der Waals surface area contributed by atoms with Gasteiger partial charge in [-0.05, 0) is 6.42 Å². The molecule has 1 rings (SSSR count). The molecule has 7 heteroatoms. The Hall–Kier alpha value is -1.63. The number of amides is 2. The summed E-state index contributed by atoms with van der Waals surface area (Å²) < 4.78 is 4.66. The molecule has 2 amide bonds. The van der Waals surface area contributed by atoms with Crippen molar-refractivity contribution in [2.45, 2.75) is 6.42 Å². The summed E-state index contributed by atoms with van der Waals surface area (Å²) in [6, 6.07) is 0. The zero-order valence-electron chi connectivity index (χ0n) is 8.77. The van der Waals surface area contributed by atoms with Crippen molar-refractivity contribution in [1.82, 2.24) is 10.2 Å². The fourth-order valence-corrected chi connectivity index (χ4v) is 1.34. The minimum atomic E-state index is -1.12. The Balaban J connectivity index is 2.34. The van der Waals surface area contributed by atoms with E-state index in [0.29, 0.717) is 19.5 Å². The van der Waals surface area contributed by atoms with Crippen LogP contribution >= 0.6 is 0 Å². The molecule has 16 heavy (non-hydrogen) atoms. The Bertz CT molecular complexity index is 292. The van der Waals surface area contributed by atoms with Crippen molar-refractivity contribution < 1.29 is 24.2 Å². The molecular weight excluding hydrogens is 216 g/mol. The average molecular weight is 230 g/mol. The van der Waals surface area contributed by atoms with Crippen LogP contribution in [-0.4, -0.2) is 60.6 Å². The normalized spacial score (nSPS) is 16.5. The summed E-state index contributed by atoms with van der Waals surface area (Å²) >= 11 is 0. The number of hydrogen-bond acceptors (Lipinski definition) is 4. The van der Waals surface area contributed by atoms with Gasteiger partial charge >= 0.3 is 5.97 Å². The summed E-state index contributed by atoms with van der Waals surface area (Å²) in [7, 11) is 0. The first-order valence-corrected chi connectivity index (χ1v) is 4.93. The molecule has 0 spiro atoms. The van der Waals surface area contributed by atoms with Crippen LogP contribution in [0.2, 0.25) is 0 Å². The molecule has 90 valence electrons. The number of carbonyl (C=O) groups excluding carboxylic acids is 2. The van der Waals surface area contributed by atoms with Gasteiger partial charge in [0, 0.05) is 13.1 Å². The number of aliphatic carboxylic acids is 1. The lowest BCUT2D eigenvalue weighted by atomic mass is 10.4. The molecule has 0 aromatic rings. The largest absolute Gasteiger partial charge is 0.480 e. The number of ether oxygens (including phenoxy) is 1. The van der Waals surface area contributed by atoms with Crippen LogP contribution < -0.4 is 5.32 Å². The maximum atomic E-state index is 11.5. The van der Waals surface area contributed by atoms with E-state index < -0.39 is 12.6 Å². The topological polar surface area (TPSA) is 95.9 Å². The second-order valence-corrected chi connectivity index (χ2v) is 3.41. The molecule has 0 saturated carbocycles. The molecule has 0 aliphatic carbocycles. The van der Waals surface area contributed by atoms with E-state index >= 15 is 0 Å². The molecule has 1 aliphatic heterocycles. The highest BCUT2D eigenvalue weighted by atomic mass is 16.5. The quantitative estimate of drug-likeness (QED) is 0.608. The summed E-state index contributed by atoms with van der Waals surface area (Å²) in [5.74, 6) is -1.69. The van der Waals surface area contributed by atoms with Gasteiger partial charge in [-0.25, -0.2) is 4.79 Å². The van der Waals surface area contributed by atoms with Gasteiger partial charge in [-0.15, -0.1) is 0 Å². The SMILES string of the molecule is O=C(O)COCC(=O)N1CCCNC(=O)C1. The van der Waals surface area contributed by atoms with Crippen molar-refractivity contribution in [2.75, 3.05) is 32.8 Å². The molecule has 2 N–H and O–H groups in total. The number of rotatable bonds is 4. The maximum absolute atomic E-state index is 11.5. The van der Waals surface area contributed by atoms with E-state index in [9.17, 15) is 14.4 Å². The van der Waals surface area contributed by atoms with Gasteiger partial charge in [-0.1, -0.05) is 0 Å². The summed E-state index contributed by atoms with van der Waals surface area (Å²) in [6.07, 6.45) is 0.691. The van der Waals surface area contributed by atoms with Crippen molar-refractivity contribution in [2.24, 2.45) is 0 Å². The van der Waals surface area contributed by atoms with E-state index in [1.807, 2.05) is 0 Å². The van der Waals surface area contributed by atoms with Crippen molar-refractivity contribution >= 4 is 17.8 Å². The summed E-state index contributed by atoms with van der Waals surface area (Å²) in [6.45, 7) is 0.229. The Kier molecular flexibility index (Phi) is 4.71. The van der Waals surface area contributed by atoms with E-state index in [-0.39, 0.29) is 25.0 Å². The minimum Gasteiger partial charge on any atom is -0.480 e. The summed E-state index contributed by atoms with van der Waals surface area (Å²) in [5, 5.41) is 10.9. The van der Waals surface area contributed by atoms with Gasteiger partial charge < -0.3 is 20.1 Å². The molecule has 0 bridgehead atoms. The predicted molar refractivity (Wildman–Crippen MR) is 52.7 cm³/mol. The number of nitrogens with one attached hydrogen (secondary N) is 1. The van der Waals surface area contributed by atoms with Gasteiger partial charge in [-0.3, -0.25) is 9.59 Å². The first-order chi connectivity index (χ1) is 7.59. The molecule has 1 aliphatic rings. The summed E-state index contributed by atoms with van der Waals surface area (Å²) in [4.78, 5) is 34.2. The third-order valence-electron chi connectivity index (χ3n) is 2.07. The lowest BCUT2D eigenvalue weighted by Gasteiger charge is -2.18. The highest BCUT2D eigenvalue weighted by molar-refractivity contribution is 5.85. The third-order valence-corrected chi connectivity index (χ3v) is 2.07. The van der Waals surface area contributed by atoms with E-state index in [1.54, 1.807) is 0 Å². The first-order valence-electron chi connectivity index (χ1n) is 4.93. The molecule has 0 unspecified atom stereocenters. The predicted octanol–water partition coefficient (Wildman–Crippen LogP) is -1.56. The van der Waals surface area contributed by atoms with E-state index in [2.05, 4.69) is 10.1 Å². The van der Waals surface area contributed by atoms with Crippen LogP contribution in [0.3, 0.4) is 0 Å². The van der Waals surface area contributed by atoms with Crippen LogP contribution in [0.25, 0.3) is 0 Å². The van der Waals surface area contributed by atoms with Gasteiger partial charge in [0.2, 0.25) is 11.8 Å². The monoisotopic (exact) mass is 230 g/mol. The molecule has 7 nitrogen and oxygen atoms in total. The summed E-state index contributed by atoms with van der Waals surface area (Å²) in [5.41, 5.74) is 0. The van der Waals surface area contributed by atoms with Crippen LogP contribution in [0.15, 0.2) is 0 Å². The average Bonchev–Trinajstić information content (AvgIpc) is 2.42. The second kappa shape index (κ2) is 6.06. The van der Waals surface area contributed by atoms with Gasteiger partial charge in [0.05, 0.1) is 6.54 Å². The first kappa shape index (κ1) is 12.4. The minimum absolute atomic E-state index is 0.00919. The molecule has 0 aromatic carbocycles. The fourth-order valence-electron chi connectivity index (χ4n) is 1.34. The van der Waals surface area contributed by atoms with E-state index in [1.165, 1.54) is 4.90 Å². The van der Waals surface area contributed by atoms with Crippen LogP contribution in [0.5, 0.6) is 0 Å². The van der Waals surface area contributed by atoms with E-state index in [0.717, 1.165) is 0 Å². The van der Waals surface area contributed by atoms with Crippen molar-refractivity contribution in [3.05, 3.63) is 0 Å². The Morgan fingerprint density at radius 1 is 1.44 bits per heavy atom. The molecular formula is C9H14N2O5. The molecule has 0 aromatic heterocycles. The fraction of sp³-hybridized carbons (Fsp3) is 0.667. The molecule has 0 radical (unpaired) electrons. The van der Waals surface area contributed by atoms with Crippen molar-refractivity contribution in [3.8, 4) is 0 Å². The Labute approximate surface area is 92.4 Å². The molecule has 1 saturated heterocycles. The highest BCUT2D eigenvalue weighted by Crippen LogP contribution is 1.97. The lowest BCUT2D eigenvalue weighted by Crippen LogP contribution is -2.39. The smallest absolute Gasteiger partial charge is 0.329 e. The standard InChI is InChI=1S/C9H14N2O5/c12-7-4-11(3-1-2-10-7)8(13)5-16-6-9(14)15/h1-6H2,(H,10,12)(H,14,15). The van der Waals surface area contributed by atoms with Crippen molar-refractivity contribution in [3.63, 3.8) is 0 Å². The van der Waals surface area contributed by atoms with Crippen LogP contribution in [0.1, 0.15) is 6.42 Å². The van der Waals surface area contributed by atoms with Crippen molar-refractivity contribution in [1.29, 1.82) is 0 Å². The van der Waals surface area contributed by atoms with Crippen LogP contribution in [0.4, 0.5) is 0 Å².